The highest BCUT2D eigenvalue weighted by Gasteiger charge is 2.21. The van der Waals surface area contributed by atoms with Gasteiger partial charge in [0.2, 0.25) is 4.38 Å². The van der Waals surface area contributed by atoms with E-state index in [9.17, 15) is 18.4 Å². The highest BCUT2D eigenvalue weighted by atomic mass is 32.2. The maximum atomic E-state index is 13.8. The molecule has 0 heterocycles. The van der Waals surface area contributed by atoms with Gasteiger partial charge in [0.05, 0.1) is 12.2 Å². The molecule has 1 amide bonds. The summed E-state index contributed by atoms with van der Waals surface area (Å²) in [6.45, 7) is 7.63. The Labute approximate surface area is 173 Å². The quantitative estimate of drug-likeness (QED) is 0.466. The van der Waals surface area contributed by atoms with Crippen LogP contribution >= 0.6 is 24.0 Å². The van der Waals surface area contributed by atoms with Gasteiger partial charge >= 0.3 is 6.09 Å². The fraction of sp³-hybridized carbons (Fsp3) is 0.526. The molecule has 1 aromatic carbocycles. The predicted octanol–water partition coefficient (Wildman–Crippen LogP) is 4.88. The molecule has 1 N–H and O–H groups in total. The molecule has 1 atom stereocenters. The number of amides is 1. The Kier molecular flexibility index (Phi) is 9.81. The number of ether oxygens (including phenoxy) is 2. The first-order valence-corrected chi connectivity index (χ1v) is 10.1. The van der Waals surface area contributed by atoms with Crippen LogP contribution in [0.15, 0.2) is 18.2 Å². The van der Waals surface area contributed by atoms with Gasteiger partial charge in [0.15, 0.2) is 5.78 Å². The number of benzene rings is 1. The van der Waals surface area contributed by atoms with Crippen molar-refractivity contribution in [3.8, 4) is 0 Å². The Hall–Kier alpha value is -1.74. The van der Waals surface area contributed by atoms with Crippen molar-refractivity contribution in [1.29, 1.82) is 0 Å². The molecule has 0 saturated carbocycles. The second-order valence-corrected chi connectivity index (χ2v) is 8.79. The lowest BCUT2D eigenvalue weighted by Gasteiger charge is -2.22. The van der Waals surface area contributed by atoms with Gasteiger partial charge in [-0.25, -0.2) is 13.6 Å². The van der Waals surface area contributed by atoms with Crippen LogP contribution in [-0.2, 0) is 9.47 Å². The number of carbonyl (C=O) groups is 2. The van der Waals surface area contributed by atoms with Crippen molar-refractivity contribution >= 4 is 40.2 Å². The van der Waals surface area contributed by atoms with Gasteiger partial charge in [-0.15, -0.1) is 0 Å². The number of thiocarbonyl (C=S) groups is 1. The van der Waals surface area contributed by atoms with Gasteiger partial charge in [-0.1, -0.05) is 11.8 Å². The van der Waals surface area contributed by atoms with Gasteiger partial charge in [-0.05, 0) is 58.5 Å². The Balaban J connectivity index is 2.69. The molecule has 28 heavy (non-hydrogen) atoms. The first-order chi connectivity index (χ1) is 13.0. The summed E-state index contributed by atoms with van der Waals surface area (Å²) < 4.78 is 37.5. The van der Waals surface area contributed by atoms with Crippen LogP contribution in [0.25, 0.3) is 0 Å². The van der Waals surface area contributed by atoms with Crippen LogP contribution < -0.4 is 5.32 Å². The number of halogens is 2. The van der Waals surface area contributed by atoms with E-state index < -0.39 is 29.1 Å². The first-order valence-electron chi connectivity index (χ1n) is 8.80. The van der Waals surface area contributed by atoms with Crippen molar-refractivity contribution in [1.82, 2.24) is 5.32 Å². The third-order valence-electron chi connectivity index (χ3n) is 3.32. The van der Waals surface area contributed by atoms with E-state index in [0.29, 0.717) is 23.5 Å². The molecular formula is C19H25F2NO4S2. The van der Waals surface area contributed by atoms with E-state index in [1.807, 2.05) is 0 Å². The van der Waals surface area contributed by atoms with Crippen molar-refractivity contribution in [2.75, 3.05) is 13.2 Å². The monoisotopic (exact) mass is 433 g/mol. The van der Waals surface area contributed by atoms with Crippen LogP contribution in [0.5, 0.6) is 0 Å². The number of rotatable bonds is 8. The summed E-state index contributed by atoms with van der Waals surface area (Å²) in [5, 5.41) is 2.36. The van der Waals surface area contributed by atoms with Gasteiger partial charge in [0.25, 0.3) is 0 Å². The smallest absolute Gasteiger partial charge is 0.407 e. The van der Waals surface area contributed by atoms with Crippen LogP contribution in [-0.4, -0.2) is 40.3 Å². The number of carbonyl (C=O) groups excluding carboxylic acids is 2. The molecule has 0 aliphatic carbocycles. The number of hydrogen-bond acceptors (Lipinski definition) is 6. The molecule has 0 bridgehead atoms. The van der Waals surface area contributed by atoms with Crippen molar-refractivity contribution in [3.05, 3.63) is 35.4 Å². The third kappa shape index (κ3) is 9.45. The van der Waals surface area contributed by atoms with E-state index >= 15 is 0 Å². The molecule has 1 rings (SSSR count). The zero-order chi connectivity index (χ0) is 21.3. The second-order valence-electron chi connectivity index (χ2n) is 6.89. The first kappa shape index (κ1) is 24.3. The molecule has 5 nitrogen and oxygen atoms in total. The Morgan fingerprint density at radius 3 is 2.54 bits per heavy atom. The Bertz CT molecular complexity index is 708. The molecule has 9 heteroatoms. The normalized spacial score (nSPS) is 12.2. The van der Waals surface area contributed by atoms with E-state index in [1.54, 1.807) is 27.7 Å². The van der Waals surface area contributed by atoms with Crippen LogP contribution in [0.1, 0.15) is 50.9 Å². The zero-order valence-corrected chi connectivity index (χ0v) is 18.0. The lowest BCUT2D eigenvalue weighted by Crippen LogP contribution is -2.36. The highest BCUT2D eigenvalue weighted by Crippen LogP contribution is 2.21. The largest absolute Gasteiger partial charge is 0.479 e. The molecule has 156 valence electrons. The van der Waals surface area contributed by atoms with Crippen molar-refractivity contribution in [2.24, 2.45) is 0 Å². The Morgan fingerprint density at radius 2 is 1.96 bits per heavy atom. The van der Waals surface area contributed by atoms with Gasteiger partial charge in [0.1, 0.15) is 17.2 Å². The SMILES string of the molecule is CCOC(=S)SC(CCC(=O)c1ccc(F)cc1F)CNC(=O)OC(C)(C)C. The minimum Gasteiger partial charge on any atom is -0.479 e. The molecule has 1 aromatic rings. The predicted molar refractivity (Wildman–Crippen MR) is 110 cm³/mol. The van der Waals surface area contributed by atoms with Crippen LogP contribution in [0.2, 0.25) is 0 Å². The molecule has 0 spiro atoms. The zero-order valence-electron chi connectivity index (χ0n) is 16.3. The lowest BCUT2D eigenvalue weighted by atomic mass is 10.0. The number of alkyl carbamates (subject to hydrolysis) is 1. The summed E-state index contributed by atoms with van der Waals surface area (Å²) in [5.41, 5.74) is -0.804. The number of thioether (sulfide) groups is 1. The molecule has 0 aliphatic rings. The summed E-state index contributed by atoms with van der Waals surface area (Å²) in [6, 6.07) is 2.84. The second kappa shape index (κ2) is 11.3. The van der Waals surface area contributed by atoms with Crippen LogP contribution in [0.3, 0.4) is 0 Å². The summed E-state index contributed by atoms with van der Waals surface area (Å²) in [4.78, 5) is 24.1. The summed E-state index contributed by atoms with van der Waals surface area (Å²) in [7, 11) is 0. The summed E-state index contributed by atoms with van der Waals surface area (Å²) in [6.07, 6.45) is -0.273. The standard InChI is InChI=1S/C19H25F2NO4S2/c1-5-25-18(27)28-13(11-22-17(24)26-19(2,3)4)7-9-16(23)14-8-6-12(20)10-15(14)21/h6,8,10,13H,5,7,9,11H2,1-4H3,(H,22,24). The number of Topliss-reactive ketones (excluding diaryl/α,β-unsaturated/α-hetero) is 1. The molecule has 0 saturated heterocycles. The van der Waals surface area contributed by atoms with E-state index in [4.69, 9.17) is 21.7 Å². The fourth-order valence-electron chi connectivity index (χ4n) is 2.14. The van der Waals surface area contributed by atoms with E-state index in [1.165, 1.54) is 11.8 Å². The Morgan fingerprint density at radius 1 is 1.29 bits per heavy atom. The van der Waals surface area contributed by atoms with Gasteiger partial charge in [-0.2, -0.15) is 0 Å². The minimum atomic E-state index is -0.897. The molecule has 0 aliphatic heterocycles. The molecule has 0 fully saturated rings. The number of ketones is 1. The molecule has 0 radical (unpaired) electrons. The van der Waals surface area contributed by atoms with Crippen molar-refractivity contribution in [2.45, 2.75) is 51.4 Å². The van der Waals surface area contributed by atoms with Crippen LogP contribution in [0, 0.1) is 11.6 Å². The van der Waals surface area contributed by atoms with Gasteiger partial charge < -0.3 is 14.8 Å². The fourth-order valence-corrected chi connectivity index (χ4v) is 3.53. The number of nitrogens with one attached hydrogen (secondary N) is 1. The van der Waals surface area contributed by atoms with Crippen molar-refractivity contribution < 1.29 is 27.8 Å². The third-order valence-corrected chi connectivity index (χ3v) is 4.78. The minimum absolute atomic E-state index is 0.00492. The van der Waals surface area contributed by atoms with Crippen LogP contribution in [0.4, 0.5) is 13.6 Å². The van der Waals surface area contributed by atoms with E-state index in [-0.39, 0.29) is 23.8 Å². The maximum absolute atomic E-state index is 13.8. The van der Waals surface area contributed by atoms with E-state index in [2.05, 4.69) is 5.32 Å². The summed E-state index contributed by atoms with van der Waals surface area (Å²) in [5.74, 6) is -2.10. The van der Waals surface area contributed by atoms with Gasteiger partial charge in [-0.3, -0.25) is 4.79 Å². The molecule has 0 aromatic heterocycles. The van der Waals surface area contributed by atoms with E-state index in [0.717, 1.165) is 12.1 Å². The van der Waals surface area contributed by atoms with Crippen molar-refractivity contribution in [3.63, 3.8) is 0 Å². The lowest BCUT2D eigenvalue weighted by molar-refractivity contribution is 0.0528. The topological polar surface area (TPSA) is 64.6 Å². The average Bonchev–Trinajstić information content (AvgIpc) is 2.55. The molecular weight excluding hydrogens is 408 g/mol. The molecule has 1 unspecified atom stereocenters. The summed E-state index contributed by atoms with van der Waals surface area (Å²) >= 11 is 6.32. The van der Waals surface area contributed by atoms with Gasteiger partial charge in [0, 0.05) is 24.3 Å². The average molecular weight is 434 g/mol. The maximum Gasteiger partial charge on any atom is 0.407 e. The number of hydrogen-bond donors (Lipinski definition) is 1. The highest BCUT2D eigenvalue weighted by molar-refractivity contribution is 8.23.